The Labute approximate surface area is 353 Å². The molecule has 0 spiro atoms. The van der Waals surface area contributed by atoms with E-state index in [1.807, 2.05) is 48.5 Å². The van der Waals surface area contributed by atoms with Crippen molar-refractivity contribution < 1.29 is 18.9 Å². The van der Waals surface area contributed by atoms with E-state index in [2.05, 4.69) is 39.8 Å². The fraction of sp³-hybridized carbons (Fsp3) is 0.500. The van der Waals surface area contributed by atoms with Crippen molar-refractivity contribution in [1.82, 2.24) is 9.97 Å². The number of nitrogens with zero attached hydrogens (tertiary/aromatic N) is 4. The van der Waals surface area contributed by atoms with Crippen LogP contribution < -0.4 is 0 Å². The van der Waals surface area contributed by atoms with Crippen molar-refractivity contribution in [2.45, 2.75) is 103 Å². The van der Waals surface area contributed by atoms with Gasteiger partial charge in [0, 0.05) is 60.0 Å². The first-order valence-electron chi connectivity index (χ1n) is 20.5. The van der Waals surface area contributed by atoms with Crippen LogP contribution in [0.4, 0.5) is 0 Å². The molecule has 0 bridgehead atoms. The Bertz CT molecular complexity index is 2100. The lowest BCUT2D eigenvalue weighted by molar-refractivity contribution is -0.0592. The third-order valence-electron chi connectivity index (χ3n) is 12.4. The Morgan fingerprint density at radius 3 is 1.40 bits per heavy atom. The number of aromatic nitrogens is 2. The lowest BCUT2D eigenvalue weighted by Gasteiger charge is -2.35. The zero-order valence-electron chi connectivity index (χ0n) is 34.7. The number of hydrogen-bond donors (Lipinski definition) is 0. The largest absolute Gasteiger partial charge is 0.381 e. The number of methoxy groups -OCH3 is 2. The minimum atomic E-state index is -0.658. The van der Waals surface area contributed by atoms with E-state index in [9.17, 15) is 10.5 Å². The van der Waals surface area contributed by atoms with E-state index in [1.165, 1.54) is 11.1 Å². The molecule has 2 aromatic carbocycles. The molecule has 0 unspecified atom stereocenters. The number of pyridine rings is 2. The molecule has 304 valence electrons. The number of fused-ring (bicyclic) bond motifs is 2. The molecule has 8 rings (SSSR count). The van der Waals surface area contributed by atoms with Gasteiger partial charge in [0.2, 0.25) is 0 Å². The molecular formula is C48H54Cl2N4O4. The van der Waals surface area contributed by atoms with Crippen LogP contribution in [0.15, 0.2) is 48.5 Å². The maximum Gasteiger partial charge on any atom is 0.134 e. The standard InChI is InChI=1S/2C24H27ClN2O2/c2*1-23(2)10-8-20-18(13-23)21(16-6-4-7-17(25)12-16)19(14-26)22(27-20)24(15-28-3)9-5-11-29-24/h2*4,6-7,12H,5,8-11,13,15H2,1-3H3/t2*24-/m10/s1. The average Bonchev–Trinajstić information content (AvgIpc) is 3.88. The number of nitriles is 2. The van der Waals surface area contributed by atoms with Gasteiger partial charge in [0.05, 0.1) is 35.7 Å². The topological polar surface area (TPSA) is 110 Å². The highest BCUT2D eigenvalue weighted by Crippen LogP contribution is 2.48. The average molecular weight is 822 g/mol. The van der Waals surface area contributed by atoms with Gasteiger partial charge in [0.1, 0.15) is 23.3 Å². The summed E-state index contributed by atoms with van der Waals surface area (Å²) in [5, 5.41) is 21.9. The number of ether oxygens (including phenoxy) is 4. The number of aryl methyl sites for hydroxylation is 2. The van der Waals surface area contributed by atoms with Crippen LogP contribution in [-0.4, -0.2) is 50.6 Å². The molecule has 2 atom stereocenters. The minimum Gasteiger partial charge on any atom is -0.381 e. The summed E-state index contributed by atoms with van der Waals surface area (Å²) in [6.07, 6.45) is 9.23. The Balaban J connectivity index is 0.000000177. The molecule has 58 heavy (non-hydrogen) atoms. The van der Waals surface area contributed by atoms with Gasteiger partial charge in [-0.2, -0.15) is 10.5 Å². The molecular weight excluding hydrogens is 767 g/mol. The van der Waals surface area contributed by atoms with Gasteiger partial charge in [-0.05, 0) is 122 Å². The van der Waals surface area contributed by atoms with Crippen molar-refractivity contribution in [2.75, 3.05) is 40.6 Å². The third-order valence-corrected chi connectivity index (χ3v) is 12.9. The number of hydrogen-bond acceptors (Lipinski definition) is 8. The first-order valence-corrected chi connectivity index (χ1v) is 21.2. The van der Waals surface area contributed by atoms with Crippen molar-refractivity contribution in [3.63, 3.8) is 0 Å². The van der Waals surface area contributed by atoms with Crippen molar-refractivity contribution in [3.05, 3.63) is 104 Å². The molecule has 0 amide bonds. The molecule has 0 radical (unpaired) electrons. The Morgan fingerprint density at radius 2 is 1.07 bits per heavy atom. The zero-order valence-corrected chi connectivity index (χ0v) is 36.2. The van der Waals surface area contributed by atoms with E-state index >= 15 is 0 Å². The highest BCUT2D eigenvalue weighted by atomic mass is 35.5. The predicted molar refractivity (Wildman–Crippen MR) is 228 cm³/mol. The van der Waals surface area contributed by atoms with E-state index in [0.717, 1.165) is 109 Å². The van der Waals surface area contributed by atoms with Gasteiger partial charge in [-0.1, -0.05) is 75.2 Å². The normalized spacial score (nSPS) is 22.9. The predicted octanol–water partition coefficient (Wildman–Crippen LogP) is 10.9. The molecule has 2 fully saturated rings. The fourth-order valence-electron chi connectivity index (χ4n) is 9.59. The van der Waals surface area contributed by atoms with Gasteiger partial charge in [-0.25, -0.2) is 0 Å². The molecule has 2 aromatic heterocycles. The van der Waals surface area contributed by atoms with E-state index < -0.39 is 11.2 Å². The molecule has 4 aliphatic rings. The lowest BCUT2D eigenvalue weighted by atomic mass is 9.72. The lowest BCUT2D eigenvalue weighted by Crippen LogP contribution is -2.34. The second-order valence-corrected chi connectivity index (χ2v) is 18.8. The number of benzene rings is 2. The van der Waals surface area contributed by atoms with E-state index in [1.54, 1.807) is 14.2 Å². The molecule has 2 aliphatic heterocycles. The second kappa shape index (κ2) is 17.0. The first kappa shape index (κ1) is 42.3. The maximum atomic E-state index is 10.3. The summed E-state index contributed by atoms with van der Waals surface area (Å²) >= 11 is 12.7. The van der Waals surface area contributed by atoms with Crippen LogP contribution in [0.5, 0.6) is 0 Å². The van der Waals surface area contributed by atoms with Gasteiger partial charge in [0.15, 0.2) is 0 Å². The monoisotopic (exact) mass is 820 g/mol. The molecule has 8 nitrogen and oxygen atoms in total. The summed E-state index contributed by atoms with van der Waals surface area (Å²) in [5.41, 5.74) is 10.1. The molecule has 0 N–H and O–H groups in total. The summed E-state index contributed by atoms with van der Waals surface area (Å²) in [7, 11) is 3.35. The van der Waals surface area contributed by atoms with Crippen LogP contribution in [0.3, 0.4) is 0 Å². The number of rotatable bonds is 8. The number of halogens is 2. The highest BCUT2D eigenvalue weighted by Gasteiger charge is 2.45. The Morgan fingerprint density at radius 1 is 0.655 bits per heavy atom. The van der Waals surface area contributed by atoms with Crippen LogP contribution in [-0.2, 0) is 55.8 Å². The van der Waals surface area contributed by atoms with Crippen LogP contribution in [0, 0.1) is 33.5 Å². The Kier molecular flexibility index (Phi) is 12.4. The van der Waals surface area contributed by atoms with Gasteiger partial charge in [-0.3, -0.25) is 9.97 Å². The minimum absolute atomic E-state index is 0.171. The Hall–Kier alpha value is -3.86. The smallest absolute Gasteiger partial charge is 0.134 e. The van der Waals surface area contributed by atoms with Crippen molar-refractivity contribution in [1.29, 1.82) is 10.5 Å². The molecule has 10 heteroatoms. The summed E-state index contributed by atoms with van der Waals surface area (Å²) in [6.45, 7) is 11.2. The van der Waals surface area contributed by atoms with Gasteiger partial charge in [-0.15, -0.1) is 0 Å². The maximum absolute atomic E-state index is 10.3. The molecule has 2 aliphatic carbocycles. The van der Waals surface area contributed by atoms with E-state index in [0.29, 0.717) is 47.6 Å². The van der Waals surface area contributed by atoms with E-state index in [4.69, 9.17) is 52.1 Å². The highest BCUT2D eigenvalue weighted by molar-refractivity contribution is 6.31. The van der Waals surface area contributed by atoms with Crippen LogP contribution in [0.2, 0.25) is 10.0 Å². The summed E-state index contributed by atoms with van der Waals surface area (Å²) in [6, 6.07) is 20.5. The van der Waals surface area contributed by atoms with Crippen LogP contribution >= 0.6 is 23.2 Å². The molecule has 0 saturated carbocycles. The fourth-order valence-corrected chi connectivity index (χ4v) is 9.97. The third kappa shape index (κ3) is 8.30. The van der Waals surface area contributed by atoms with Crippen LogP contribution in [0.1, 0.15) is 111 Å². The zero-order chi connectivity index (χ0) is 41.3. The molecule has 4 aromatic rings. The summed E-state index contributed by atoms with van der Waals surface area (Å²) < 4.78 is 23.4. The van der Waals surface area contributed by atoms with E-state index in [-0.39, 0.29) is 10.8 Å². The summed E-state index contributed by atoms with van der Waals surface area (Å²) in [4.78, 5) is 10.1. The van der Waals surface area contributed by atoms with Crippen LogP contribution in [0.25, 0.3) is 22.3 Å². The van der Waals surface area contributed by atoms with Gasteiger partial charge in [0.25, 0.3) is 0 Å². The molecule has 2 saturated heterocycles. The SMILES string of the molecule is COC[C@@]1(c2nc3c(c(-c4cccc(Cl)c4)c2C#N)CC(C)(C)CC3)CCCO1.COC[C@]1(c2nc3c(c(-c4cccc(Cl)c4)c2C#N)CC(C)(C)CC3)CCCO1. The van der Waals surface area contributed by atoms with Crippen molar-refractivity contribution in [3.8, 4) is 34.4 Å². The second-order valence-electron chi connectivity index (χ2n) is 18.0. The quantitative estimate of drug-likeness (QED) is 0.173. The van der Waals surface area contributed by atoms with Gasteiger partial charge >= 0.3 is 0 Å². The molecule has 4 heterocycles. The van der Waals surface area contributed by atoms with Crippen molar-refractivity contribution >= 4 is 23.2 Å². The van der Waals surface area contributed by atoms with Crippen molar-refractivity contribution in [2.24, 2.45) is 10.8 Å². The first-order chi connectivity index (χ1) is 27.8. The summed E-state index contributed by atoms with van der Waals surface area (Å²) in [5.74, 6) is 0. The van der Waals surface area contributed by atoms with Gasteiger partial charge < -0.3 is 18.9 Å².